The van der Waals surface area contributed by atoms with E-state index in [0.717, 1.165) is 41.3 Å². The minimum absolute atomic E-state index is 0.219. The Hall–Kier alpha value is -2.31. The molecule has 1 aliphatic carbocycles. The van der Waals surface area contributed by atoms with Crippen molar-refractivity contribution in [3.63, 3.8) is 0 Å². The van der Waals surface area contributed by atoms with Crippen LogP contribution in [0, 0.1) is 12.8 Å². The third kappa shape index (κ3) is 3.87. The maximum absolute atomic E-state index is 13.5. The number of thiophene rings is 1. The van der Waals surface area contributed by atoms with E-state index in [1.165, 1.54) is 16.2 Å². The second-order valence-corrected chi connectivity index (χ2v) is 9.65. The molecule has 1 atom stereocenters. The normalized spacial score (nSPS) is 15.7. The van der Waals surface area contributed by atoms with Gasteiger partial charge in [-0.3, -0.25) is 4.79 Å². The highest BCUT2D eigenvalue weighted by molar-refractivity contribution is 7.17. The van der Waals surface area contributed by atoms with E-state index in [1.807, 2.05) is 36.6 Å². The fourth-order valence-corrected chi connectivity index (χ4v) is 6.10. The highest BCUT2D eigenvalue weighted by atomic mass is 35.5. The number of fused-ring (bicyclic) bond motifs is 2. The molecule has 2 aromatic heterocycles. The number of esters is 1. The van der Waals surface area contributed by atoms with Crippen LogP contribution < -0.4 is 5.32 Å². The number of halogens is 1. The van der Waals surface area contributed by atoms with Crippen LogP contribution >= 0.6 is 22.9 Å². The van der Waals surface area contributed by atoms with Crippen molar-refractivity contribution in [1.29, 1.82) is 0 Å². The van der Waals surface area contributed by atoms with Crippen molar-refractivity contribution in [2.75, 3.05) is 11.9 Å². The Bertz CT molecular complexity index is 1180. The van der Waals surface area contributed by atoms with E-state index in [4.69, 9.17) is 16.3 Å². The lowest BCUT2D eigenvalue weighted by Gasteiger charge is -2.18. The number of benzene rings is 1. The quantitative estimate of drug-likeness (QED) is 0.460. The number of aromatic nitrogens is 1. The highest BCUT2D eigenvalue weighted by Gasteiger charge is 2.30. The number of anilines is 1. The van der Waals surface area contributed by atoms with Crippen molar-refractivity contribution in [2.24, 2.45) is 5.92 Å². The molecule has 31 heavy (non-hydrogen) atoms. The van der Waals surface area contributed by atoms with Gasteiger partial charge < -0.3 is 14.6 Å². The van der Waals surface area contributed by atoms with Crippen LogP contribution in [0.25, 0.3) is 10.9 Å². The van der Waals surface area contributed by atoms with Gasteiger partial charge in [-0.2, -0.15) is 0 Å². The molecule has 1 aliphatic rings. The maximum Gasteiger partial charge on any atom is 0.341 e. The van der Waals surface area contributed by atoms with Crippen LogP contribution in [0.4, 0.5) is 5.00 Å². The molecule has 1 unspecified atom stereocenters. The number of rotatable bonds is 5. The Balaban J connectivity index is 1.77. The summed E-state index contributed by atoms with van der Waals surface area (Å²) in [6.07, 6.45) is 2.80. The third-order valence-electron chi connectivity index (χ3n) is 6.03. The van der Waals surface area contributed by atoms with Gasteiger partial charge in [0.05, 0.1) is 12.2 Å². The first-order valence-electron chi connectivity index (χ1n) is 10.8. The average molecular weight is 459 g/mol. The van der Waals surface area contributed by atoms with Gasteiger partial charge in [-0.1, -0.05) is 18.5 Å². The Morgan fingerprint density at radius 2 is 2.10 bits per heavy atom. The number of hydrogen-bond donors (Lipinski definition) is 1. The van der Waals surface area contributed by atoms with Crippen molar-refractivity contribution < 1.29 is 14.3 Å². The van der Waals surface area contributed by atoms with Crippen LogP contribution in [-0.2, 0) is 24.1 Å². The zero-order chi connectivity index (χ0) is 22.3. The van der Waals surface area contributed by atoms with Gasteiger partial charge in [0, 0.05) is 27.3 Å². The minimum atomic E-state index is -0.357. The molecule has 0 saturated carbocycles. The fraction of sp³-hybridized carbons (Fsp3) is 0.417. The summed E-state index contributed by atoms with van der Waals surface area (Å²) < 4.78 is 7.33. The molecule has 5 nitrogen and oxygen atoms in total. The minimum Gasteiger partial charge on any atom is -0.462 e. The van der Waals surface area contributed by atoms with E-state index >= 15 is 0 Å². The number of hydrogen-bond acceptors (Lipinski definition) is 4. The Morgan fingerprint density at radius 1 is 1.32 bits per heavy atom. The van der Waals surface area contributed by atoms with Gasteiger partial charge in [-0.15, -0.1) is 11.3 Å². The van der Waals surface area contributed by atoms with Crippen LogP contribution in [0.1, 0.15) is 64.0 Å². The first kappa shape index (κ1) is 21.9. The van der Waals surface area contributed by atoms with Gasteiger partial charge in [0.1, 0.15) is 10.7 Å². The molecule has 0 radical (unpaired) electrons. The summed E-state index contributed by atoms with van der Waals surface area (Å²) in [7, 11) is 0. The van der Waals surface area contributed by atoms with E-state index in [0.29, 0.717) is 40.4 Å². The van der Waals surface area contributed by atoms with E-state index in [2.05, 4.69) is 12.2 Å². The van der Waals surface area contributed by atoms with Gasteiger partial charge in [0.2, 0.25) is 0 Å². The molecule has 1 aromatic carbocycles. The van der Waals surface area contributed by atoms with Crippen LogP contribution in [0.15, 0.2) is 18.2 Å². The molecule has 0 aliphatic heterocycles. The van der Waals surface area contributed by atoms with Gasteiger partial charge >= 0.3 is 5.97 Å². The molecule has 0 fully saturated rings. The van der Waals surface area contributed by atoms with Gasteiger partial charge in [0.25, 0.3) is 5.91 Å². The fourth-order valence-electron chi connectivity index (χ4n) is 4.54. The smallest absolute Gasteiger partial charge is 0.341 e. The van der Waals surface area contributed by atoms with Crippen molar-refractivity contribution in [3.05, 3.63) is 50.5 Å². The standard InChI is InChI=1S/C24H27ClN2O3S/c1-5-27-18-10-8-15(25)12-17(18)14(4)21(27)22(28)26-23-20(24(29)30-6-2)16-9-7-13(3)11-19(16)31-23/h8,10,12-13H,5-7,9,11H2,1-4H3,(H,26,28). The van der Waals surface area contributed by atoms with Crippen LogP contribution in [0.2, 0.25) is 5.02 Å². The largest absolute Gasteiger partial charge is 0.462 e. The van der Waals surface area contributed by atoms with E-state index in [1.54, 1.807) is 6.92 Å². The van der Waals surface area contributed by atoms with Gasteiger partial charge in [0.15, 0.2) is 0 Å². The van der Waals surface area contributed by atoms with E-state index < -0.39 is 0 Å². The van der Waals surface area contributed by atoms with Crippen molar-refractivity contribution in [2.45, 2.75) is 53.5 Å². The molecule has 1 amide bonds. The van der Waals surface area contributed by atoms with Crippen molar-refractivity contribution in [1.82, 2.24) is 4.57 Å². The number of amides is 1. The maximum atomic E-state index is 13.5. The first-order valence-corrected chi connectivity index (χ1v) is 12.0. The van der Waals surface area contributed by atoms with Crippen LogP contribution in [-0.4, -0.2) is 23.1 Å². The number of carbonyl (C=O) groups excluding carboxylic acids is 2. The molecule has 0 bridgehead atoms. The zero-order valence-electron chi connectivity index (χ0n) is 18.3. The van der Waals surface area contributed by atoms with Crippen LogP contribution in [0.3, 0.4) is 0 Å². The summed E-state index contributed by atoms with van der Waals surface area (Å²) >= 11 is 7.71. The number of nitrogens with one attached hydrogen (secondary N) is 1. The Morgan fingerprint density at radius 3 is 2.81 bits per heavy atom. The molecule has 3 aromatic rings. The van der Waals surface area contributed by atoms with Gasteiger partial charge in [-0.25, -0.2) is 4.79 Å². The second-order valence-electron chi connectivity index (χ2n) is 8.11. The zero-order valence-corrected chi connectivity index (χ0v) is 19.9. The van der Waals surface area contributed by atoms with Crippen molar-refractivity contribution in [3.8, 4) is 0 Å². The van der Waals surface area contributed by atoms with Gasteiger partial charge in [-0.05, 0) is 75.3 Å². The monoisotopic (exact) mass is 458 g/mol. The molecule has 1 N–H and O–H groups in total. The molecule has 4 rings (SSSR count). The molecular formula is C24H27ClN2O3S. The summed E-state index contributed by atoms with van der Waals surface area (Å²) in [6, 6.07) is 5.68. The number of carbonyl (C=O) groups is 2. The Labute approximate surface area is 191 Å². The third-order valence-corrected chi connectivity index (χ3v) is 7.43. The molecule has 0 spiro atoms. The second kappa shape index (κ2) is 8.67. The predicted octanol–water partition coefficient (Wildman–Crippen LogP) is 6.24. The number of aryl methyl sites for hydroxylation is 2. The molecule has 0 saturated heterocycles. The van der Waals surface area contributed by atoms with Crippen molar-refractivity contribution >= 4 is 50.7 Å². The predicted molar refractivity (Wildman–Crippen MR) is 127 cm³/mol. The summed E-state index contributed by atoms with van der Waals surface area (Å²) in [4.78, 5) is 27.4. The molecule has 7 heteroatoms. The SMILES string of the molecule is CCOC(=O)c1c(NC(=O)c2c(C)c3cc(Cl)ccc3n2CC)sc2c1CCC(C)C2. The molecule has 164 valence electrons. The molecular weight excluding hydrogens is 432 g/mol. The number of nitrogens with zero attached hydrogens (tertiary/aromatic N) is 1. The van der Waals surface area contributed by atoms with Crippen LogP contribution in [0.5, 0.6) is 0 Å². The molecule has 2 heterocycles. The lowest BCUT2D eigenvalue weighted by Crippen LogP contribution is -2.19. The number of ether oxygens (including phenoxy) is 1. The lowest BCUT2D eigenvalue weighted by molar-refractivity contribution is 0.0526. The van der Waals surface area contributed by atoms with E-state index in [9.17, 15) is 9.59 Å². The summed E-state index contributed by atoms with van der Waals surface area (Å²) in [6.45, 7) is 8.92. The summed E-state index contributed by atoms with van der Waals surface area (Å²) in [5, 5.41) is 5.25. The summed E-state index contributed by atoms with van der Waals surface area (Å²) in [5.74, 6) is -0.00683. The average Bonchev–Trinajstić information content (AvgIpc) is 3.21. The first-order chi connectivity index (χ1) is 14.8. The Kier molecular flexibility index (Phi) is 6.13. The topological polar surface area (TPSA) is 60.3 Å². The lowest BCUT2D eigenvalue weighted by atomic mass is 9.88. The summed E-state index contributed by atoms with van der Waals surface area (Å²) in [5.41, 5.74) is 4.01. The van der Waals surface area contributed by atoms with E-state index in [-0.39, 0.29) is 11.9 Å². The highest BCUT2D eigenvalue weighted by Crippen LogP contribution is 2.40.